The average Bonchev–Trinajstić information content (AvgIpc) is 2.53. The molecule has 0 spiro atoms. The molecule has 1 heterocycles. The molecule has 1 aromatic rings. The highest BCUT2D eigenvalue weighted by Crippen LogP contribution is 2.33. The number of piperazine rings is 1. The van der Waals surface area contributed by atoms with Crippen LogP contribution in [-0.4, -0.2) is 51.2 Å². The Morgan fingerprint density at radius 1 is 1.24 bits per heavy atom. The second kappa shape index (κ2) is 7.52. The van der Waals surface area contributed by atoms with E-state index in [1.54, 1.807) is 20.3 Å². The van der Waals surface area contributed by atoms with E-state index in [0.717, 1.165) is 31.7 Å². The second-order valence-electron chi connectivity index (χ2n) is 4.93. The zero-order valence-corrected chi connectivity index (χ0v) is 13.2. The second-order valence-corrected chi connectivity index (χ2v) is 5.34. The molecule has 0 unspecified atom stereocenters. The maximum absolute atomic E-state index is 12.2. The molecule has 116 valence electrons. The molecule has 5 nitrogen and oxygen atoms in total. The number of hydrogen-bond acceptors (Lipinski definition) is 4. The van der Waals surface area contributed by atoms with Crippen LogP contribution in [0.2, 0.25) is 5.02 Å². The topological polar surface area (TPSA) is 50.8 Å². The number of carbonyl (C=O) groups is 1. The number of methoxy groups -OCH3 is 2. The number of rotatable bonds is 5. The van der Waals surface area contributed by atoms with Crippen molar-refractivity contribution < 1.29 is 14.3 Å². The van der Waals surface area contributed by atoms with E-state index >= 15 is 0 Å². The lowest BCUT2D eigenvalue weighted by atomic mass is 10.1. The zero-order chi connectivity index (χ0) is 15.2. The molecule has 1 aromatic carbocycles. The smallest absolute Gasteiger partial charge is 0.222 e. The minimum atomic E-state index is 0.169. The molecule has 1 amide bonds. The fourth-order valence-corrected chi connectivity index (χ4v) is 2.65. The van der Waals surface area contributed by atoms with Crippen molar-refractivity contribution in [1.82, 2.24) is 10.2 Å². The Bertz CT molecular complexity index is 502. The standard InChI is InChI=1S/C15H21ClN2O3/c1-20-13-9-11(12(16)10-14(13)21-2)3-4-15(19)18-7-5-17-6-8-18/h9-10,17H,3-8H2,1-2H3. The Morgan fingerprint density at radius 3 is 2.48 bits per heavy atom. The average molecular weight is 313 g/mol. The summed E-state index contributed by atoms with van der Waals surface area (Å²) in [5.41, 5.74) is 0.901. The minimum Gasteiger partial charge on any atom is -0.493 e. The molecule has 0 radical (unpaired) electrons. The van der Waals surface area contributed by atoms with Crippen molar-refractivity contribution in [3.63, 3.8) is 0 Å². The number of benzene rings is 1. The maximum atomic E-state index is 12.2. The zero-order valence-electron chi connectivity index (χ0n) is 12.4. The lowest BCUT2D eigenvalue weighted by Crippen LogP contribution is -2.46. The van der Waals surface area contributed by atoms with Gasteiger partial charge in [0.1, 0.15) is 0 Å². The van der Waals surface area contributed by atoms with Crippen molar-refractivity contribution in [2.75, 3.05) is 40.4 Å². The van der Waals surface area contributed by atoms with Crippen LogP contribution in [0.4, 0.5) is 0 Å². The lowest BCUT2D eigenvalue weighted by Gasteiger charge is -2.27. The number of nitrogens with zero attached hydrogens (tertiary/aromatic N) is 1. The molecule has 0 aliphatic carbocycles. The van der Waals surface area contributed by atoms with Crippen molar-refractivity contribution in [1.29, 1.82) is 0 Å². The Balaban J connectivity index is 2.00. The van der Waals surface area contributed by atoms with E-state index in [0.29, 0.717) is 29.4 Å². The van der Waals surface area contributed by atoms with Crippen LogP contribution in [0.3, 0.4) is 0 Å². The van der Waals surface area contributed by atoms with E-state index in [2.05, 4.69) is 5.32 Å². The van der Waals surface area contributed by atoms with Crippen LogP contribution in [0.1, 0.15) is 12.0 Å². The van der Waals surface area contributed by atoms with Crippen LogP contribution in [0, 0.1) is 0 Å². The van der Waals surface area contributed by atoms with Gasteiger partial charge in [-0.05, 0) is 18.1 Å². The molecule has 1 saturated heterocycles. The number of ether oxygens (including phenoxy) is 2. The van der Waals surface area contributed by atoms with Gasteiger partial charge < -0.3 is 19.7 Å². The van der Waals surface area contributed by atoms with Gasteiger partial charge in [0.25, 0.3) is 0 Å². The summed E-state index contributed by atoms with van der Waals surface area (Å²) in [7, 11) is 3.16. The summed E-state index contributed by atoms with van der Waals surface area (Å²) in [6, 6.07) is 3.57. The van der Waals surface area contributed by atoms with Gasteiger partial charge in [0.05, 0.1) is 14.2 Å². The van der Waals surface area contributed by atoms with Crippen molar-refractivity contribution in [3.8, 4) is 11.5 Å². The lowest BCUT2D eigenvalue weighted by molar-refractivity contribution is -0.131. The Kier molecular flexibility index (Phi) is 5.70. The van der Waals surface area contributed by atoms with Gasteiger partial charge in [-0.15, -0.1) is 0 Å². The summed E-state index contributed by atoms with van der Waals surface area (Å²) in [5.74, 6) is 1.40. The van der Waals surface area contributed by atoms with Crippen molar-refractivity contribution in [2.45, 2.75) is 12.8 Å². The quantitative estimate of drug-likeness (QED) is 0.899. The molecular weight excluding hydrogens is 292 g/mol. The molecule has 0 atom stereocenters. The number of nitrogens with one attached hydrogen (secondary N) is 1. The highest BCUT2D eigenvalue weighted by atomic mass is 35.5. The summed E-state index contributed by atoms with van der Waals surface area (Å²) in [6.07, 6.45) is 1.05. The predicted octanol–water partition coefficient (Wildman–Crippen LogP) is 1.72. The number of halogens is 1. The molecule has 1 N–H and O–H groups in total. The van der Waals surface area contributed by atoms with Crippen LogP contribution in [0.5, 0.6) is 11.5 Å². The van der Waals surface area contributed by atoms with E-state index in [4.69, 9.17) is 21.1 Å². The van der Waals surface area contributed by atoms with Gasteiger partial charge in [0.15, 0.2) is 11.5 Å². The fourth-order valence-electron chi connectivity index (χ4n) is 2.40. The first kappa shape index (κ1) is 15.9. The summed E-state index contributed by atoms with van der Waals surface area (Å²) < 4.78 is 10.5. The van der Waals surface area contributed by atoms with Crippen LogP contribution in [0.25, 0.3) is 0 Å². The van der Waals surface area contributed by atoms with Gasteiger partial charge in [0, 0.05) is 43.7 Å². The summed E-state index contributed by atoms with van der Waals surface area (Å²) >= 11 is 6.24. The first-order valence-electron chi connectivity index (χ1n) is 7.04. The third-order valence-electron chi connectivity index (χ3n) is 3.63. The van der Waals surface area contributed by atoms with Crippen LogP contribution in [0.15, 0.2) is 12.1 Å². The van der Waals surface area contributed by atoms with E-state index < -0.39 is 0 Å². The first-order valence-corrected chi connectivity index (χ1v) is 7.42. The Labute approximate surface area is 130 Å². The third kappa shape index (κ3) is 4.02. The van der Waals surface area contributed by atoms with Crippen LogP contribution in [-0.2, 0) is 11.2 Å². The van der Waals surface area contributed by atoms with E-state index in [-0.39, 0.29) is 5.91 Å². The molecule has 1 aliphatic rings. The summed E-state index contributed by atoms with van der Waals surface area (Å²) in [5, 5.41) is 3.83. The van der Waals surface area contributed by atoms with Gasteiger partial charge in [-0.3, -0.25) is 4.79 Å². The Morgan fingerprint density at radius 2 is 1.86 bits per heavy atom. The van der Waals surface area contributed by atoms with Crippen molar-refractivity contribution >= 4 is 17.5 Å². The number of aryl methyl sites for hydroxylation is 1. The molecule has 2 rings (SSSR count). The first-order chi connectivity index (χ1) is 10.2. The third-order valence-corrected chi connectivity index (χ3v) is 3.98. The molecule has 0 bridgehead atoms. The van der Waals surface area contributed by atoms with Crippen molar-refractivity contribution in [2.24, 2.45) is 0 Å². The summed E-state index contributed by atoms with van der Waals surface area (Å²) in [4.78, 5) is 14.1. The van der Waals surface area contributed by atoms with E-state index in [9.17, 15) is 4.79 Å². The monoisotopic (exact) mass is 312 g/mol. The van der Waals surface area contributed by atoms with Gasteiger partial charge >= 0.3 is 0 Å². The van der Waals surface area contributed by atoms with E-state index in [1.165, 1.54) is 0 Å². The number of amides is 1. The molecule has 6 heteroatoms. The fraction of sp³-hybridized carbons (Fsp3) is 0.533. The molecule has 21 heavy (non-hydrogen) atoms. The molecule has 1 fully saturated rings. The maximum Gasteiger partial charge on any atom is 0.222 e. The Hall–Kier alpha value is -1.46. The highest BCUT2D eigenvalue weighted by molar-refractivity contribution is 6.31. The predicted molar refractivity (Wildman–Crippen MR) is 82.3 cm³/mol. The summed E-state index contributed by atoms with van der Waals surface area (Å²) in [6.45, 7) is 3.28. The van der Waals surface area contributed by atoms with Crippen LogP contribution >= 0.6 is 11.6 Å². The van der Waals surface area contributed by atoms with Gasteiger partial charge in [-0.1, -0.05) is 11.6 Å². The van der Waals surface area contributed by atoms with Gasteiger partial charge in [-0.2, -0.15) is 0 Å². The number of hydrogen-bond donors (Lipinski definition) is 1. The molecule has 0 saturated carbocycles. The molecule has 0 aromatic heterocycles. The van der Waals surface area contributed by atoms with Gasteiger partial charge in [0.2, 0.25) is 5.91 Å². The van der Waals surface area contributed by atoms with E-state index in [1.807, 2.05) is 11.0 Å². The minimum absolute atomic E-state index is 0.169. The molecular formula is C15H21ClN2O3. The largest absolute Gasteiger partial charge is 0.493 e. The SMILES string of the molecule is COc1cc(Cl)c(CCC(=O)N2CCNCC2)cc1OC. The highest BCUT2D eigenvalue weighted by Gasteiger charge is 2.17. The van der Waals surface area contributed by atoms with Crippen molar-refractivity contribution in [3.05, 3.63) is 22.7 Å². The number of carbonyl (C=O) groups excluding carboxylic acids is 1. The molecule has 1 aliphatic heterocycles. The normalized spacial score (nSPS) is 14.9. The van der Waals surface area contributed by atoms with Crippen LogP contribution < -0.4 is 14.8 Å². The van der Waals surface area contributed by atoms with Gasteiger partial charge in [-0.25, -0.2) is 0 Å².